The average Bonchev–Trinajstić information content (AvgIpc) is 2.42. The van der Waals surface area contributed by atoms with Crippen LogP contribution in [0.25, 0.3) is 0 Å². The number of methoxy groups -OCH3 is 1. The summed E-state index contributed by atoms with van der Waals surface area (Å²) in [6.45, 7) is 4.66. The molecule has 1 aliphatic rings. The molecule has 3 nitrogen and oxygen atoms in total. The second-order valence-electron chi connectivity index (χ2n) is 5.57. The number of piperidine rings is 1. The summed E-state index contributed by atoms with van der Waals surface area (Å²) in [5.74, 6) is -0.355. The van der Waals surface area contributed by atoms with E-state index in [9.17, 15) is 9.18 Å². The van der Waals surface area contributed by atoms with Crippen molar-refractivity contribution in [2.45, 2.75) is 45.2 Å². The number of ketones is 1. The number of hydrogen-bond donors (Lipinski definition) is 0. The highest BCUT2D eigenvalue weighted by molar-refractivity contribution is 5.97. The number of rotatable bonds is 4. The SMILES string of the molecule is COc1ccc(C(=O)CN2C(C)CCCC2C)cc1F. The van der Waals surface area contributed by atoms with Crippen molar-refractivity contribution in [1.29, 1.82) is 0 Å². The molecule has 0 saturated carbocycles. The van der Waals surface area contributed by atoms with Crippen molar-refractivity contribution in [2.75, 3.05) is 13.7 Å². The number of benzene rings is 1. The number of carbonyl (C=O) groups excluding carboxylic acids is 1. The molecule has 1 aliphatic heterocycles. The van der Waals surface area contributed by atoms with Gasteiger partial charge in [0.05, 0.1) is 13.7 Å². The van der Waals surface area contributed by atoms with Crippen LogP contribution >= 0.6 is 0 Å². The minimum Gasteiger partial charge on any atom is -0.494 e. The summed E-state index contributed by atoms with van der Waals surface area (Å²) in [4.78, 5) is 14.5. The van der Waals surface area contributed by atoms with Gasteiger partial charge in [0.1, 0.15) is 0 Å². The van der Waals surface area contributed by atoms with E-state index in [0.717, 1.165) is 12.8 Å². The van der Waals surface area contributed by atoms with Crippen LogP contribution in [0, 0.1) is 5.82 Å². The van der Waals surface area contributed by atoms with E-state index in [2.05, 4.69) is 18.7 Å². The van der Waals surface area contributed by atoms with E-state index >= 15 is 0 Å². The monoisotopic (exact) mass is 279 g/mol. The van der Waals surface area contributed by atoms with E-state index < -0.39 is 5.82 Å². The van der Waals surface area contributed by atoms with Crippen LogP contribution < -0.4 is 4.74 Å². The second-order valence-corrected chi connectivity index (χ2v) is 5.57. The third-order valence-electron chi connectivity index (χ3n) is 4.18. The predicted molar refractivity (Wildman–Crippen MR) is 76.8 cm³/mol. The van der Waals surface area contributed by atoms with Crippen LogP contribution in [0.15, 0.2) is 18.2 Å². The molecule has 0 aromatic heterocycles. The topological polar surface area (TPSA) is 29.5 Å². The molecule has 110 valence electrons. The molecule has 4 heteroatoms. The van der Waals surface area contributed by atoms with Crippen LogP contribution in [0.5, 0.6) is 5.75 Å². The first kappa shape index (κ1) is 15.0. The van der Waals surface area contributed by atoms with Gasteiger partial charge >= 0.3 is 0 Å². The molecule has 1 aromatic rings. The quantitative estimate of drug-likeness (QED) is 0.792. The Kier molecular flexibility index (Phi) is 4.76. The maximum atomic E-state index is 13.7. The standard InChI is InChI=1S/C16H22FNO2/c1-11-5-4-6-12(2)18(11)10-15(19)13-7-8-16(20-3)14(17)9-13/h7-9,11-12H,4-6,10H2,1-3H3. The average molecular weight is 279 g/mol. The molecule has 0 radical (unpaired) electrons. The summed E-state index contributed by atoms with van der Waals surface area (Å²) >= 11 is 0. The highest BCUT2D eigenvalue weighted by Gasteiger charge is 2.26. The van der Waals surface area contributed by atoms with Gasteiger partial charge in [-0.25, -0.2) is 4.39 Å². The molecule has 1 saturated heterocycles. The molecular formula is C16H22FNO2. The number of carbonyl (C=O) groups is 1. The Balaban J connectivity index is 2.09. The van der Waals surface area contributed by atoms with Crippen LogP contribution in [-0.2, 0) is 0 Å². The number of likely N-dealkylation sites (tertiary alicyclic amines) is 1. The Bertz CT molecular complexity index is 479. The normalized spacial score (nSPS) is 23.6. The highest BCUT2D eigenvalue weighted by atomic mass is 19.1. The fourth-order valence-electron chi connectivity index (χ4n) is 2.88. The van der Waals surface area contributed by atoms with Crippen molar-refractivity contribution in [2.24, 2.45) is 0 Å². The summed E-state index contributed by atoms with van der Waals surface area (Å²) in [6, 6.07) is 5.21. The lowest BCUT2D eigenvalue weighted by Crippen LogP contribution is -2.46. The Morgan fingerprint density at radius 3 is 2.55 bits per heavy atom. The molecule has 0 bridgehead atoms. The van der Waals surface area contributed by atoms with Gasteiger partial charge < -0.3 is 4.74 Å². The maximum Gasteiger partial charge on any atom is 0.176 e. The predicted octanol–water partition coefficient (Wildman–Crippen LogP) is 3.28. The van der Waals surface area contributed by atoms with E-state index in [0.29, 0.717) is 24.2 Å². The Labute approximate surface area is 119 Å². The first-order valence-electron chi connectivity index (χ1n) is 7.15. The van der Waals surface area contributed by atoms with Gasteiger partial charge in [0.25, 0.3) is 0 Å². The minimum absolute atomic E-state index is 0.0350. The lowest BCUT2D eigenvalue weighted by molar-refractivity contribution is 0.0734. The summed E-state index contributed by atoms with van der Waals surface area (Å²) in [5.41, 5.74) is 0.410. The zero-order chi connectivity index (χ0) is 14.7. The van der Waals surface area contributed by atoms with Crippen LogP contribution in [0.4, 0.5) is 4.39 Å². The molecule has 1 fully saturated rings. The Hall–Kier alpha value is -1.42. The van der Waals surface area contributed by atoms with Gasteiger partial charge in [-0.1, -0.05) is 6.42 Å². The number of ether oxygens (including phenoxy) is 1. The third-order valence-corrected chi connectivity index (χ3v) is 4.18. The summed E-state index contributed by atoms with van der Waals surface area (Å²) < 4.78 is 18.5. The van der Waals surface area contributed by atoms with E-state index in [1.807, 2.05) is 0 Å². The van der Waals surface area contributed by atoms with Crippen molar-refractivity contribution in [3.8, 4) is 5.75 Å². The number of Topliss-reactive ketones (excluding diaryl/α,β-unsaturated/α-hetero) is 1. The van der Waals surface area contributed by atoms with Gasteiger partial charge in [0, 0.05) is 17.6 Å². The molecular weight excluding hydrogens is 257 g/mol. The van der Waals surface area contributed by atoms with Crippen molar-refractivity contribution >= 4 is 5.78 Å². The first-order chi connectivity index (χ1) is 9.52. The van der Waals surface area contributed by atoms with E-state index in [1.165, 1.54) is 25.7 Å². The van der Waals surface area contributed by atoms with E-state index in [4.69, 9.17) is 4.74 Å². The van der Waals surface area contributed by atoms with Crippen molar-refractivity contribution in [1.82, 2.24) is 4.90 Å². The van der Waals surface area contributed by atoms with Gasteiger partial charge in [-0.05, 0) is 44.9 Å². The smallest absolute Gasteiger partial charge is 0.176 e. The maximum absolute atomic E-state index is 13.7. The molecule has 20 heavy (non-hydrogen) atoms. The van der Waals surface area contributed by atoms with Crippen LogP contribution in [0.3, 0.4) is 0 Å². The zero-order valence-electron chi connectivity index (χ0n) is 12.4. The summed E-state index contributed by atoms with van der Waals surface area (Å²) in [6.07, 6.45) is 3.45. The van der Waals surface area contributed by atoms with Crippen molar-refractivity contribution in [3.63, 3.8) is 0 Å². The van der Waals surface area contributed by atoms with Gasteiger partial charge in [0.2, 0.25) is 0 Å². The number of halogens is 1. The van der Waals surface area contributed by atoms with Crippen LogP contribution in [0.1, 0.15) is 43.5 Å². The molecule has 0 amide bonds. The molecule has 2 rings (SSSR count). The van der Waals surface area contributed by atoms with Gasteiger partial charge in [-0.2, -0.15) is 0 Å². The largest absolute Gasteiger partial charge is 0.494 e. The molecule has 0 aliphatic carbocycles. The van der Waals surface area contributed by atoms with Gasteiger partial charge in [-0.15, -0.1) is 0 Å². The van der Waals surface area contributed by atoms with E-state index in [-0.39, 0.29) is 11.5 Å². The lowest BCUT2D eigenvalue weighted by atomic mass is 9.96. The molecule has 1 aromatic carbocycles. The van der Waals surface area contributed by atoms with Gasteiger partial charge in [0.15, 0.2) is 17.3 Å². The van der Waals surface area contributed by atoms with Crippen LogP contribution in [-0.4, -0.2) is 36.4 Å². The minimum atomic E-state index is -0.488. The summed E-state index contributed by atoms with van der Waals surface area (Å²) in [7, 11) is 1.41. The highest BCUT2D eigenvalue weighted by Crippen LogP contribution is 2.23. The fourth-order valence-corrected chi connectivity index (χ4v) is 2.88. The first-order valence-corrected chi connectivity index (χ1v) is 7.15. The number of hydrogen-bond acceptors (Lipinski definition) is 3. The Morgan fingerprint density at radius 1 is 1.35 bits per heavy atom. The fraction of sp³-hybridized carbons (Fsp3) is 0.562. The summed E-state index contributed by atoms with van der Waals surface area (Å²) in [5, 5.41) is 0. The van der Waals surface area contributed by atoms with Crippen molar-refractivity contribution in [3.05, 3.63) is 29.6 Å². The zero-order valence-corrected chi connectivity index (χ0v) is 12.4. The lowest BCUT2D eigenvalue weighted by Gasteiger charge is -2.38. The molecule has 2 unspecified atom stereocenters. The van der Waals surface area contributed by atoms with E-state index in [1.54, 1.807) is 6.07 Å². The molecule has 2 atom stereocenters. The third kappa shape index (κ3) is 3.18. The van der Waals surface area contributed by atoms with Crippen LogP contribution in [0.2, 0.25) is 0 Å². The second kappa shape index (κ2) is 6.35. The molecule has 1 heterocycles. The van der Waals surface area contributed by atoms with Crippen molar-refractivity contribution < 1.29 is 13.9 Å². The molecule has 0 N–H and O–H groups in total. The molecule has 0 spiro atoms. The Morgan fingerprint density at radius 2 is 2.00 bits per heavy atom. The number of nitrogens with zero attached hydrogens (tertiary/aromatic N) is 1. The van der Waals surface area contributed by atoms with Gasteiger partial charge in [-0.3, -0.25) is 9.69 Å².